The second kappa shape index (κ2) is 6.95. The van der Waals surface area contributed by atoms with Crippen LogP contribution in [0.15, 0.2) is 12.1 Å². The summed E-state index contributed by atoms with van der Waals surface area (Å²) in [5.74, 6) is -0.717. The molecule has 116 valence electrons. The second-order valence-electron chi connectivity index (χ2n) is 5.14. The van der Waals surface area contributed by atoms with Crippen LogP contribution in [-0.2, 0) is 4.79 Å². The lowest BCUT2D eigenvalue weighted by molar-refractivity contribution is -0.384. The monoisotopic (exact) mass is 335 g/mol. The topological polar surface area (TPSA) is 89.7 Å². The molecule has 0 fully saturated rings. The highest BCUT2D eigenvalue weighted by atomic mass is 35.5. The van der Waals surface area contributed by atoms with E-state index in [9.17, 15) is 14.9 Å². The summed E-state index contributed by atoms with van der Waals surface area (Å²) in [7, 11) is 0. The number of nitro benzene ring substituents is 1. The van der Waals surface area contributed by atoms with E-state index in [0.717, 1.165) is 12.1 Å². The molecule has 21 heavy (non-hydrogen) atoms. The molecule has 1 aromatic rings. The Morgan fingerprint density at radius 3 is 2.33 bits per heavy atom. The fourth-order valence-corrected chi connectivity index (χ4v) is 2.17. The molecule has 6 nitrogen and oxygen atoms in total. The van der Waals surface area contributed by atoms with Gasteiger partial charge in [0, 0.05) is 12.1 Å². The van der Waals surface area contributed by atoms with Gasteiger partial charge in [0.1, 0.15) is 0 Å². The molecular weight excluding hydrogens is 321 g/mol. The summed E-state index contributed by atoms with van der Waals surface area (Å²) >= 11 is 11.8. The fourth-order valence-electron chi connectivity index (χ4n) is 1.59. The molecular formula is C13H15Cl2NO5. The van der Waals surface area contributed by atoms with Crippen LogP contribution in [0.2, 0.25) is 10.0 Å². The highest BCUT2D eigenvalue weighted by Gasteiger charge is 2.26. The van der Waals surface area contributed by atoms with Crippen molar-refractivity contribution < 1.29 is 19.6 Å². The van der Waals surface area contributed by atoms with E-state index in [1.807, 2.05) is 0 Å². The maximum atomic E-state index is 10.9. The van der Waals surface area contributed by atoms with Gasteiger partial charge in [0.15, 0.2) is 5.75 Å². The number of rotatable bonds is 7. The van der Waals surface area contributed by atoms with E-state index >= 15 is 0 Å². The van der Waals surface area contributed by atoms with Crippen molar-refractivity contribution in [2.75, 3.05) is 6.61 Å². The number of carboxylic acids is 1. The predicted octanol–water partition coefficient (Wildman–Crippen LogP) is 4.17. The molecule has 0 aliphatic heterocycles. The molecule has 0 heterocycles. The predicted molar refractivity (Wildman–Crippen MR) is 79.3 cm³/mol. The summed E-state index contributed by atoms with van der Waals surface area (Å²) in [5, 5.41) is 19.7. The van der Waals surface area contributed by atoms with Crippen LogP contribution in [0.3, 0.4) is 0 Å². The van der Waals surface area contributed by atoms with Gasteiger partial charge in [-0.1, -0.05) is 23.2 Å². The quantitative estimate of drug-likeness (QED) is 0.458. The molecule has 1 rings (SSSR count). The van der Waals surface area contributed by atoms with Crippen LogP contribution in [0.4, 0.5) is 5.69 Å². The Bertz CT molecular complexity index is 536. The number of benzene rings is 1. The summed E-state index contributed by atoms with van der Waals surface area (Å²) < 4.78 is 5.40. The lowest BCUT2D eigenvalue weighted by Crippen LogP contribution is -2.24. The number of carboxylic acid groups (broad SMARTS) is 1. The normalized spacial score (nSPS) is 11.2. The molecule has 0 amide bonds. The van der Waals surface area contributed by atoms with Crippen molar-refractivity contribution >= 4 is 34.9 Å². The number of hydrogen-bond donors (Lipinski definition) is 1. The fraction of sp³-hybridized carbons (Fsp3) is 0.462. The first-order valence-electron chi connectivity index (χ1n) is 6.15. The molecule has 0 aromatic heterocycles. The van der Waals surface area contributed by atoms with Crippen LogP contribution in [0, 0.1) is 15.5 Å². The van der Waals surface area contributed by atoms with Crippen LogP contribution < -0.4 is 4.74 Å². The van der Waals surface area contributed by atoms with Gasteiger partial charge in [0.2, 0.25) is 0 Å². The average molecular weight is 336 g/mol. The number of nitrogens with zero attached hydrogens (tertiary/aromatic N) is 1. The van der Waals surface area contributed by atoms with E-state index in [2.05, 4.69) is 0 Å². The van der Waals surface area contributed by atoms with Crippen molar-refractivity contribution in [1.82, 2.24) is 0 Å². The number of carbonyl (C=O) groups is 1. The molecule has 0 saturated carbocycles. The third kappa shape index (κ3) is 4.75. The summed E-state index contributed by atoms with van der Waals surface area (Å²) in [6, 6.07) is 2.31. The van der Waals surface area contributed by atoms with Gasteiger partial charge in [-0.05, 0) is 26.7 Å². The smallest absolute Gasteiger partial charge is 0.309 e. The van der Waals surface area contributed by atoms with Crippen molar-refractivity contribution in [3.8, 4) is 5.75 Å². The van der Waals surface area contributed by atoms with E-state index in [-0.39, 0.29) is 28.1 Å². The zero-order valence-corrected chi connectivity index (χ0v) is 13.1. The SMILES string of the molecule is CC(C)(CCCOc1c(Cl)cc([N+](=O)[O-])cc1Cl)C(=O)O. The van der Waals surface area contributed by atoms with Gasteiger partial charge < -0.3 is 9.84 Å². The van der Waals surface area contributed by atoms with Gasteiger partial charge in [-0.25, -0.2) is 0 Å². The summed E-state index contributed by atoms with van der Waals surface area (Å²) in [5.41, 5.74) is -1.06. The summed E-state index contributed by atoms with van der Waals surface area (Å²) in [6.07, 6.45) is 0.910. The first-order valence-corrected chi connectivity index (χ1v) is 6.90. The highest BCUT2D eigenvalue weighted by molar-refractivity contribution is 6.37. The van der Waals surface area contributed by atoms with Crippen LogP contribution >= 0.6 is 23.2 Å². The van der Waals surface area contributed by atoms with Gasteiger partial charge in [-0.2, -0.15) is 0 Å². The zero-order chi connectivity index (χ0) is 16.2. The van der Waals surface area contributed by atoms with Gasteiger partial charge in [0.25, 0.3) is 5.69 Å². The molecule has 1 N–H and O–H groups in total. The lowest BCUT2D eigenvalue weighted by atomic mass is 9.88. The first kappa shape index (κ1) is 17.5. The Hall–Kier alpha value is -1.53. The molecule has 0 aliphatic rings. The zero-order valence-electron chi connectivity index (χ0n) is 11.6. The number of ether oxygens (including phenoxy) is 1. The second-order valence-corrected chi connectivity index (χ2v) is 5.95. The van der Waals surface area contributed by atoms with Crippen molar-refractivity contribution in [1.29, 1.82) is 0 Å². The van der Waals surface area contributed by atoms with Gasteiger partial charge in [-0.15, -0.1) is 0 Å². The Kier molecular flexibility index (Phi) is 5.80. The minimum Gasteiger partial charge on any atom is -0.490 e. The highest BCUT2D eigenvalue weighted by Crippen LogP contribution is 2.37. The molecule has 0 aliphatic carbocycles. The number of nitro groups is 1. The maximum Gasteiger partial charge on any atom is 0.309 e. The van der Waals surface area contributed by atoms with Crippen molar-refractivity contribution in [2.45, 2.75) is 26.7 Å². The largest absolute Gasteiger partial charge is 0.490 e. The lowest BCUT2D eigenvalue weighted by Gasteiger charge is -2.19. The van der Waals surface area contributed by atoms with Crippen LogP contribution in [-0.4, -0.2) is 22.6 Å². The van der Waals surface area contributed by atoms with E-state index in [1.54, 1.807) is 13.8 Å². The third-order valence-electron chi connectivity index (χ3n) is 2.97. The number of non-ortho nitro benzene ring substituents is 1. The van der Waals surface area contributed by atoms with Crippen molar-refractivity contribution in [3.63, 3.8) is 0 Å². The number of aliphatic carboxylic acids is 1. The average Bonchev–Trinajstić information content (AvgIpc) is 2.36. The van der Waals surface area contributed by atoms with Gasteiger partial charge in [-0.3, -0.25) is 14.9 Å². The summed E-state index contributed by atoms with van der Waals surface area (Å²) in [6.45, 7) is 3.47. The van der Waals surface area contributed by atoms with Gasteiger partial charge in [0.05, 0.1) is 27.0 Å². The Morgan fingerprint density at radius 1 is 1.38 bits per heavy atom. The van der Waals surface area contributed by atoms with Gasteiger partial charge >= 0.3 is 5.97 Å². The maximum absolute atomic E-state index is 10.9. The minimum absolute atomic E-state index is 0.0479. The Balaban J connectivity index is 2.65. The van der Waals surface area contributed by atoms with Crippen molar-refractivity contribution in [3.05, 3.63) is 32.3 Å². The molecule has 0 radical (unpaired) electrons. The Morgan fingerprint density at radius 2 is 1.90 bits per heavy atom. The van der Waals surface area contributed by atoms with E-state index < -0.39 is 16.3 Å². The molecule has 0 unspecified atom stereocenters. The molecule has 0 bridgehead atoms. The Labute approximate surface area is 131 Å². The summed E-state index contributed by atoms with van der Waals surface area (Å²) in [4.78, 5) is 21.0. The molecule has 0 atom stereocenters. The number of halogens is 2. The van der Waals surface area contributed by atoms with Crippen LogP contribution in [0.25, 0.3) is 0 Å². The standard InChI is InChI=1S/C13H15Cl2NO5/c1-13(2,12(17)18)4-3-5-21-11-9(14)6-8(16(19)20)7-10(11)15/h6-7H,3-5H2,1-2H3,(H,17,18). The van der Waals surface area contributed by atoms with E-state index in [1.165, 1.54) is 0 Å². The molecule has 1 aromatic carbocycles. The van der Waals surface area contributed by atoms with Crippen LogP contribution in [0.5, 0.6) is 5.75 Å². The molecule has 0 saturated heterocycles. The third-order valence-corrected chi connectivity index (χ3v) is 3.53. The van der Waals surface area contributed by atoms with Crippen molar-refractivity contribution in [2.24, 2.45) is 5.41 Å². The molecule has 8 heteroatoms. The minimum atomic E-state index is -0.881. The first-order chi connectivity index (χ1) is 9.65. The van der Waals surface area contributed by atoms with E-state index in [0.29, 0.717) is 12.8 Å². The molecule has 0 spiro atoms. The number of hydrogen-bond acceptors (Lipinski definition) is 4. The van der Waals surface area contributed by atoms with Crippen LogP contribution in [0.1, 0.15) is 26.7 Å². The van der Waals surface area contributed by atoms with E-state index in [4.69, 9.17) is 33.0 Å².